The van der Waals surface area contributed by atoms with Gasteiger partial charge in [0.05, 0.1) is 5.56 Å². The van der Waals surface area contributed by atoms with Crippen LogP contribution in [0.5, 0.6) is 0 Å². The van der Waals surface area contributed by atoms with Crippen LogP contribution < -0.4 is 29.6 Å². The van der Waals surface area contributed by atoms with Gasteiger partial charge in [-0.25, -0.2) is 13.2 Å². The smallest absolute Gasteiger partial charge is 0.743 e. The molecule has 0 aliphatic heterocycles. The normalized spacial score (nSPS) is 15.0. The van der Waals surface area contributed by atoms with Crippen molar-refractivity contribution in [3.05, 3.63) is 59.2 Å². The molecule has 0 spiro atoms. The molecule has 1 aromatic rings. The van der Waals surface area contributed by atoms with Gasteiger partial charge in [-0.2, -0.15) is 0 Å². The molecular weight excluding hydrogens is 391 g/mol. The van der Waals surface area contributed by atoms with E-state index in [-0.39, 0.29) is 40.7 Å². The van der Waals surface area contributed by atoms with Crippen LogP contribution in [0.2, 0.25) is 0 Å². The number of hydrogen-bond acceptors (Lipinski definition) is 6. The topological polar surface area (TPSA) is 104 Å². The number of rotatable bonds is 8. The van der Waals surface area contributed by atoms with Gasteiger partial charge in [0.25, 0.3) is 0 Å². The number of hydrogen-bond donors (Lipinski definition) is 1. The fourth-order valence-corrected chi connectivity index (χ4v) is 2.89. The third-order valence-corrected chi connectivity index (χ3v) is 4.73. The zero-order valence-corrected chi connectivity index (χ0v) is 18.5. The molecule has 0 aliphatic carbocycles. The molecule has 0 fully saturated rings. The molecule has 1 aromatic carbocycles. The van der Waals surface area contributed by atoms with Crippen LogP contribution >= 0.6 is 11.6 Å². The molecule has 6 nitrogen and oxygen atoms in total. The largest absolute Gasteiger partial charge is 1.00 e. The first-order valence-electron chi connectivity index (χ1n) is 7.47. The van der Waals surface area contributed by atoms with E-state index in [1.807, 2.05) is 6.92 Å². The Balaban J connectivity index is 0.00000625. The number of benzene rings is 1. The Labute approximate surface area is 180 Å². The van der Waals surface area contributed by atoms with Gasteiger partial charge >= 0.3 is 40.6 Å². The molecule has 0 heterocycles. The molecule has 1 atom stereocenters. The summed E-state index contributed by atoms with van der Waals surface area (Å²) in [5.41, 5.74) is 0.706. The summed E-state index contributed by atoms with van der Waals surface area (Å²) in [5, 5.41) is 7.01. The molecule has 0 amide bonds. The summed E-state index contributed by atoms with van der Waals surface area (Å²) >= 11 is 5.58. The molecule has 1 unspecified atom stereocenters. The van der Waals surface area contributed by atoms with Crippen molar-refractivity contribution in [1.29, 1.82) is 0 Å². The minimum Gasteiger partial charge on any atom is -0.743 e. The van der Waals surface area contributed by atoms with Gasteiger partial charge in [-0.15, -0.1) is 11.6 Å². The Hall–Kier alpha value is -0.670. The maximum Gasteiger partial charge on any atom is 1.00 e. The summed E-state index contributed by atoms with van der Waals surface area (Å²) in [6, 6.07) is 7.47. The summed E-state index contributed by atoms with van der Waals surface area (Å²) in [7, 11) is -5.37. The van der Waals surface area contributed by atoms with Crippen LogP contribution in [-0.4, -0.2) is 35.0 Å². The zero-order valence-electron chi connectivity index (χ0n) is 14.9. The number of esters is 1. The van der Waals surface area contributed by atoms with Crippen molar-refractivity contribution in [2.24, 2.45) is 0 Å². The maximum atomic E-state index is 12.0. The Bertz CT molecular complexity index is 761. The van der Waals surface area contributed by atoms with E-state index in [1.165, 1.54) is 37.3 Å². The zero-order chi connectivity index (χ0) is 19.1. The van der Waals surface area contributed by atoms with Gasteiger partial charge in [0.15, 0.2) is 10.1 Å². The van der Waals surface area contributed by atoms with E-state index in [4.69, 9.17) is 11.6 Å². The van der Waals surface area contributed by atoms with Crippen molar-refractivity contribution in [2.75, 3.05) is 5.88 Å². The average Bonchev–Trinajstić information content (AvgIpc) is 2.54. The molecule has 1 N–H and O–H groups in total. The molecule has 138 valence electrons. The molecular formula is C17H20ClNaO6S. The number of carbonyl (C=O) groups is 1. The van der Waals surface area contributed by atoms with Gasteiger partial charge in [0.2, 0.25) is 0 Å². The van der Waals surface area contributed by atoms with Gasteiger partial charge in [-0.3, -0.25) is 0 Å². The summed E-state index contributed by atoms with van der Waals surface area (Å²) in [6.07, 6.45) is 4.02. The molecule has 9 heteroatoms. The molecule has 26 heavy (non-hydrogen) atoms. The SMILES string of the molecule is CC(=CCCl)CCC=C(C)C(O)(OC(=O)c1ccccc1)S(=O)(=O)[O-].[Na+]. The number of halogens is 1. The van der Waals surface area contributed by atoms with Crippen LogP contribution in [0.4, 0.5) is 0 Å². The van der Waals surface area contributed by atoms with Crippen LogP contribution in [0.3, 0.4) is 0 Å². The van der Waals surface area contributed by atoms with Gasteiger partial charge < -0.3 is 14.4 Å². The van der Waals surface area contributed by atoms with Gasteiger partial charge in [0.1, 0.15) is 0 Å². The monoisotopic (exact) mass is 410 g/mol. The Morgan fingerprint density at radius 3 is 2.35 bits per heavy atom. The molecule has 0 saturated heterocycles. The van der Waals surface area contributed by atoms with Crippen molar-refractivity contribution < 1.29 is 57.2 Å². The van der Waals surface area contributed by atoms with Crippen molar-refractivity contribution in [1.82, 2.24) is 0 Å². The van der Waals surface area contributed by atoms with Gasteiger partial charge in [-0.05, 0) is 38.8 Å². The third kappa shape index (κ3) is 7.15. The second-order valence-electron chi connectivity index (χ2n) is 5.42. The standard InChI is InChI=1S/C17H21ClO6S.Na/c1-13(11-12-18)7-6-8-14(2)17(20,25(21,22)23)24-16(19)15-9-4-3-5-10-15;/h3-5,8-11,20H,6-7,12H2,1-2H3,(H,21,22,23);/q;+1/p-1. The maximum absolute atomic E-state index is 12.0. The second-order valence-corrected chi connectivity index (χ2v) is 7.19. The Morgan fingerprint density at radius 2 is 1.85 bits per heavy atom. The fraction of sp³-hybridized carbons (Fsp3) is 0.353. The molecule has 0 radical (unpaired) electrons. The van der Waals surface area contributed by atoms with E-state index in [9.17, 15) is 22.9 Å². The summed E-state index contributed by atoms with van der Waals surface area (Å²) in [6.45, 7) is 3.06. The van der Waals surface area contributed by atoms with E-state index in [2.05, 4.69) is 4.74 Å². The number of alkyl halides is 1. The third-order valence-electron chi connectivity index (χ3n) is 3.49. The van der Waals surface area contributed by atoms with Gasteiger partial charge in [-0.1, -0.05) is 35.9 Å². The number of allylic oxidation sites excluding steroid dienone is 3. The minimum atomic E-state index is -5.37. The summed E-state index contributed by atoms with van der Waals surface area (Å²) in [5.74, 6) is -0.768. The van der Waals surface area contributed by atoms with Crippen molar-refractivity contribution in [2.45, 2.75) is 31.8 Å². The Kier molecular flexibility index (Phi) is 10.9. The van der Waals surface area contributed by atoms with Crippen LogP contribution in [-0.2, 0) is 14.9 Å². The van der Waals surface area contributed by atoms with Gasteiger partial charge in [0, 0.05) is 11.5 Å². The van der Waals surface area contributed by atoms with E-state index in [0.717, 1.165) is 5.57 Å². The summed E-state index contributed by atoms with van der Waals surface area (Å²) < 4.78 is 39.2. The van der Waals surface area contributed by atoms with E-state index < -0.39 is 21.2 Å². The predicted molar refractivity (Wildman–Crippen MR) is 94.0 cm³/mol. The van der Waals surface area contributed by atoms with Crippen LogP contribution in [0, 0.1) is 0 Å². The minimum absolute atomic E-state index is 0. The van der Waals surface area contributed by atoms with E-state index in [1.54, 1.807) is 12.1 Å². The van der Waals surface area contributed by atoms with E-state index >= 15 is 0 Å². The van der Waals surface area contributed by atoms with E-state index in [0.29, 0.717) is 18.7 Å². The molecule has 1 rings (SSSR count). The first-order chi connectivity index (χ1) is 11.6. The Morgan fingerprint density at radius 1 is 1.27 bits per heavy atom. The first-order valence-corrected chi connectivity index (χ1v) is 9.41. The quantitative estimate of drug-likeness (QED) is 0.161. The molecule has 0 aromatic heterocycles. The van der Waals surface area contributed by atoms with Crippen LogP contribution in [0.1, 0.15) is 37.0 Å². The number of ether oxygens (including phenoxy) is 1. The molecule has 0 bridgehead atoms. The molecule has 0 saturated carbocycles. The predicted octanol–water partition coefficient (Wildman–Crippen LogP) is -0.0497. The molecule has 0 aliphatic rings. The number of carbonyl (C=O) groups excluding carboxylic acids is 1. The number of aliphatic hydroxyl groups is 1. The van der Waals surface area contributed by atoms with Crippen molar-refractivity contribution in [3.8, 4) is 0 Å². The second kappa shape index (κ2) is 11.2. The summed E-state index contributed by atoms with van der Waals surface area (Å²) in [4.78, 5) is 12.0. The van der Waals surface area contributed by atoms with Crippen LogP contribution in [0.25, 0.3) is 0 Å². The fourth-order valence-electron chi connectivity index (χ4n) is 1.97. The first kappa shape index (κ1) is 25.3. The van der Waals surface area contributed by atoms with Crippen LogP contribution in [0.15, 0.2) is 53.6 Å². The van der Waals surface area contributed by atoms with Crippen molar-refractivity contribution in [3.63, 3.8) is 0 Å². The van der Waals surface area contributed by atoms with Crippen molar-refractivity contribution >= 4 is 27.7 Å². The average molecular weight is 411 g/mol.